The first-order valence-electron chi connectivity index (χ1n) is 32.8. The molecular weight excluding hydrogens is 1520 g/mol. The number of nitrogens with zero attached hydrogens (tertiary/aromatic N) is 13. The number of rotatable bonds is 13. The predicted molar refractivity (Wildman–Crippen MR) is 438 cm³/mol. The van der Waals surface area contributed by atoms with Gasteiger partial charge in [-0.05, 0) is 164 Å². The second kappa shape index (κ2) is 42.0. The highest BCUT2D eigenvalue weighted by molar-refractivity contribution is 6.44. The number of hydrogen-bond donors (Lipinski definition) is 12. The number of benzene rings is 5. The quantitative estimate of drug-likeness (QED) is 0.0522. The molecule has 10 rings (SSSR count). The Morgan fingerprint density at radius 3 is 1.05 bits per heavy atom. The highest BCUT2D eigenvalue weighted by Gasteiger charge is 2.21. The van der Waals surface area contributed by atoms with Gasteiger partial charge in [0.1, 0.15) is 30.8 Å². The Labute approximate surface area is 654 Å². The maximum absolute atomic E-state index is 6.01. The summed E-state index contributed by atoms with van der Waals surface area (Å²) in [5.41, 5.74) is 5.02. The van der Waals surface area contributed by atoms with Crippen LogP contribution in [-0.4, -0.2) is 173 Å². The first-order valence-corrected chi connectivity index (χ1v) is 36.6. The largest absolute Gasteiger partial charge is 0.354 e. The second-order valence-corrected chi connectivity index (χ2v) is 28.7. The van der Waals surface area contributed by atoms with Gasteiger partial charge in [0.15, 0.2) is 35.8 Å². The molecule has 0 spiro atoms. The fourth-order valence-corrected chi connectivity index (χ4v) is 10.6. The fourth-order valence-electron chi connectivity index (χ4n) is 9.04. The van der Waals surface area contributed by atoms with Crippen LogP contribution in [0.1, 0.15) is 84.6 Å². The molecule has 0 saturated heterocycles. The van der Waals surface area contributed by atoms with Gasteiger partial charge in [-0.2, -0.15) is 0 Å². The first kappa shape index (κ1) is 84.6. The van der Waals surface area contributed by atoms with Crippen molar-refractivity contribution in [2.24, 2.45) is 49.9 Å². The van der Waals surface area contributed by atoms with E-state index in [-0.39, 0.29) is 30.8 Å². The maximum atomic E-state index is 6.01. The molecule has 0 radical (unpaired) electrons. The van der Waals surface area contributed by atoms with E-state index in [0.717, 1.165) is 82.5 Å². The molecule has 0 aliphatic carbocycles. The molecule has 558 valence electrons. The van der Waals surface area contributed by atoms with Crippen molar-refractivity contribution in [3.05, 3.63) is 163 Å². The van der Waals surface area contributed by atoms with Crippen LogP contribution in [0.15, 0.2) is 141 Å². The normalized spacial score (nSPS) is 19.6. The second-order valence-electron chi connectivity index (χ2n) is 24.6. The Hall–Kier alpha value is -7.30. The van der Waals surface area contributed by atoms with Crippen LogP contribution in [0.5, 0.6) is 0 Å². The van der Waals surface area contributed by atoms with Crippen molar-refractivity contribution in [2.75, 3.05) is 60.7 Å². The zero-order chi connectivity index (χ0) is 75.6. The van der Waals surface area contributed by atoms with Gasteiger partial charge in [0, 0.05) is 73.1 Å². The lowest BCUT2D eigenvalue weighted by Gasteiger charge is -2.26. The van der Waals surface area contributed by atoms with Gasteiger partial charge in [-0.1, -0.05) is 140 Å². The van der Waals surface area contributed by atoms with E-state index in [1.54, 1.807) is 24.3 Å². The van der Waals surface area contributed by atoms with Crippen LogP contribution < -0.4 is 63.8 Å². The van der Waals surface area contributed by atoms with Gasteiger partial charge >= 0.3 is 0 Å². The average molecular weight is 1610 g/mol. The summed E-state index contributed by atoms with van der Waals surface area (Å²) >= 11 is 59.5. The fraction of sp³-hybridized carbons (Fsp3) is 0.412. The Balaban J connectivity index is 0.000000202. The monoisotopic (exact) mass is 1610 g/mol. The molecule has 5 atom stereocenters. The van der Waals surface area contributed by atoms with Gasteiger partial charge in [0.25, 0.3) is 0 Å². The van der Waals surface area contributed by atoms with Crippen LogP contribution in [0.4, 0.5) is 5.69 Å². The summed E-state index contributed by atoms with van der Waals surface area (Å²) in [5, 5.41) is 43.5. The topological polar surface area (TPSA) is 278 Å². The maximum Gasteiger partial charge on any atom is 0.204 e. The van der Waals surface area contributed by atoms with E-state index in [4.69, 9.17) is 116 Å². The van der Waals surface area contributed by atoms with Crippen LogP contribution in [0, 0.1) is 0 Å². The number of nitrogens with one attached hydrogen (secondary N) is 12. The minimum Gasteiger partial charge on any atom is -0.354 e. The van der Waals surface area contributed by atoms with Crippen LogP contribution in [-0.2, 0) is 25.9 Å². The number of hydrogen-bond acceptors (Lipinski definition) is 17. The summed E-state index contributed by atoms with van der Waals surface area (Å²) in [7, 11) is 11.6. The molecule has 103 heavy (non-hydrogen) atoms. The minimum absolute atomic E-state index is 0.00683. The zero-order valence-corrected chi connectivity index (χ0v) is 67.6. The van der Waals surface area contributed by atoms with Gasteiger partial charge in [0.05, 0.1) is 63.3 Å². The molecule has 0 bridgehead atoms. The molecule has 5 heterocycles. The van der Waals surface area contributed by atoms with Crippen molar-refractivity contribution in [1.29, 1.82) is 0 Å². The average Bonchev–Trinajstić information content (AvgIpc) is 0.883. The Morgan fingerprint density at radius 2 is 0.680 bits per heavy atom. The van der Waals surface area contributed by atoms with Crippen molar-refractivity contribution in [2.45, 2.75) is 131 Å². The molecule has 0 amide bonds. The molecular formula is C68H91Cl10N25. The van der Waals surface area contributed by atoms with Crippen molar-refractivity contribution < 1.29 is 0 Å². The zero-order valence-electron chi connectivity index (χ0n) is 60.0. The third kappa shape index (κ3) is 30.4. The number of anilines is 1. The van der Waals surface area contributed by atoms with Crippen molar-refractivity contribution in [1.82, 2.24) is 73.2 Å². The molecule has 35 heteroatoms. The highest BCUT2D eigenvalue weighted by atomic mass is 35.5. The summed E-state index contributed by atoms with van der Waals surface area (Å²) in [4.78, 5) is 50.2. The standard InChI is InChI=1S/C15H21Cl2N5.2C14H19Cl2N5.C13H17Cl2N5.C12H15Cl2N5/c1-9(2)19-15-21-10(3)20-14(22-15)18-7-6-11-4-5-12(16)13(17)8-11;1-8(2)18-14-20-9(3)19-13(21-14)17-7-10-4-5-11(15)12(16)6-10;1-9-18-13(20-14(19-9)21(2)3)17-7-6-10-4-5-11(15)12(16)8-10;1-8-17-12(19-13(18-8)20(2)3)16-7-9-4-5-10(14)11(15)6-9;1-7-15-11(18-12(16-7)19(2)3)17-8-4-5-9(13)10(14)6-8/h4-5,8-10H,6-7H2,1-3H3,(H3,18,19,20,21,22);4-6,8-9H,7H2,1-3H3,(H3,17,18,19,20,21);4-5,8-9H,6-7H2,1-3H3,(H2,17,18,19,20);4-6,8H,7H2,1-3H3,(H2,16,17,18,19);4-7H,1-3H3,(H2,15,16,17,18). The first-order chi connectivity index (χ1) is 48.7. The molecule has 5 aromatic carbocycles. The smallest absolute Gasteiger partial charge is 0.204 e. The van der Waals surface area contributed by atoms with Gasteiger partial charge in [-0.25, -0.2) is 39.9 Å². The van der Waals surface area contributed by atoms with E-state index in [0.29, 0.717) is 106 Å². The summed E-state index contributed by atoms with van der Waals surface area (Å²) in [6, 6.07) is 28.2. The molecule has 0 saturated carbocycles. The van der Waals surface area contributed by atoms with Crippen molar-refractivity contribution in [3.63, 3.8) is 0 Å². The number of aliphatic imine (C=N–C) groups is 10. The number of halogens is 10. The van der Waals surface area contributed by atoms with E-state index >= 15 is 0 Å². The lowest BCUT2D eigenvalue weighted by Crippen LogP contribution is -2.55. The summed E-state index contributed by atoms with van der Waals surface area (Å²) in [6.45, 7) is 20.4. The van der Waals surface area contributed by atoms with Crippen LogP contribution in [0.2, 0.25) is 50.2 Å². The summed E-state index contributed by atoms with van der Waals surface area (Å²) in [6.07, 6.45) is 1.41. The van der Waals surface area contributed by atoms with Gasteiger partial charge in [-0.3, -0.25) is 36.6 Å². The third-order valence-electron chi connectivity index (χ3n) is 13.9. The summed E-state index contributed by atoms with van der Waals surface area (Å²) < 4.78 is 0. The van der Waals surface area contributed by atoms with E-state index in [2.05, 4.69) is 141 Å². The van der Waals surface area contributed by atoms with E-state index < -0.39 is 0 Å². The van der Waals surface area contributed by atoms with E-state index in [1.165, 1.54) is 0 Å². The van der Waals surface area contributed by atoms with Crippen molar-refractivity contribution >= 4 is 181 Å². The van der Waals surface area contributed by atoms with Crippen molar-refractivity contribution in [3.8, 4) is 0 Å². The molecule has 25 nitrogen and oxygen atoms in total. The lowest BCUT2D eigenvalue weighted by molar-refractivity contribution is 0.559. The SMILES string of the molecule is CC(C)NC1=NC(C)NC(=NCCc2ccc(Cl)c(Cl)c2)N1.CC(C)NC1=NC(C)NC(=NCc2ccc(Cl)c(Cl)c2)N1.CC1N=C(N(C)C)NC(=NCCc2ccc(Cl)c(Cl)c2)N1.CC1N=C(N(C)C)NC(=NCc2ccc(Cl)c(Cl)c2)N1.CC1N=C(Nc2ccc(Cl)c(Cl)c2)NC(N(C)C)=N1. The predicted octanol–water partition coefficient (Wildman–Crippen LogP) is 12.8. The molecule has 12 N–H and O–H groups in total. The Morgan fingerprint density at radius 1 is 0.359 bits per heavy atom. The van der Waals surface area contributed by atoms with Gasteiger partial charge in [-0.15, -0.1) is 0 Å². The Bertz CT molecular complexity index is 3980. The van der Waals surface area contributed by atoms with Crippen LogP contribution in [0.3, 0.4) is 0 Å². The highest BCUT2D eigenvalue weighted by Crippen LogP contribution is 2.28. The summed E-state index contributed by atoms with van der Waals surface area (Å²) in [5.74, 6) is 7.29. The van der Waals surface area contributed by atoms with Crippen LogP contribution >= 0.6 is 116 Å². The molecule has 0 aromatic heterocycles. The number of guanidine groups is 10. The van der Waals surface area contributed by atoms with E-state index in [9.17, 15) is 0 Å². The lowest BCUT2D eigenvalue weighted by atomic mass is 10.1. The van der Waals surface area contributed by atoms with E-state index in [1.807, 2.05) is 158 Å². The van der Waals surface area contributed by atoms with Gasteiger partial charge < -0.3 is 51.9 Å². The molecule has 5 unspecified atom stereocenters. The molecule has 5 aliphatic heterocycles. The third-order valence-corrected chi connectivity index (χ3v) is 17.6. The van der Waals surface area contributed by atoms with Gasteiger partial charge in [0.2, 0.25) is 23.8 Å². The molecule has 5 aliphatic rings. The molecule has 5 aromatic rings. The molecule has 0 fully saturated rings. The van der Waals surface area contributed by atoms with Crippen LogP contribution in [0.25, 0.3) is 0 Å². The Kier molecular flexibility index (Phi) is 34.5. The minimum atomic E-state index is -0.135.